The maximum atomic E-state index is 13.3. The van der Waals surface area contributed by atoms with Gasteiger partial charge in [0.1, 0.15) is 0 Å². The van der Waals surface area contributed by atoms with Crippen LogP contribution >= 0.6 is 11.6 Å². The summed E-state index contributed by atoms with van der Waals surface area (Å²) < 4.78 is 43.7. The Bertz CT molecular complexity index is 1260. The topological polar surface area (TPSA) is 71.0 Å². The average Bonchev–Trinajstić information content (AvgIpc) is 3.26. The zero-order valence-corrected chi connectivity index (χ0v) is 19.1. The third-order valence-corrected chi connectivity index (χ3v) is 5.88. The molecule has 0 bridgehead atoms. The van der Waals surface area contributed by atoms with Crippen molar-refractivity contribution in [1.29, 1.82) is 0 Å². The average molecular weight is 502 g/mol. The third-order valence-electron chi connectivity index (χ3n) is 5.63. The molecule has 3 aromatic carbocycles. The molecule has 0 saturated heterocycles. The van der Waals surface area contributed by atoms with Gasteiger partial charge in [0.25, 0.3) is 0 Å². The van der Waals surface area contributed by atoms with Gasteiger partial charge in [-0.05, 0) is 47.5 Å². The number of amides is 2. The van der Waals surface area contributed by atoms with Crippen molar-refractivity contribution in [3.05, 3.63) is 101 Å². The Morgan fingerprint density at radius 3 is 2.20 bits per heavy atom. The summed E-state index contributed by atoms with van der Waals surface area (Å²) in [7, 11) is 1.25. The first-order valence-electron chi connectivity index (χ1n) is 10.4. The van der Waals surface area contributed by atoms with Crippen molar-refractivity contribution in [3.63, 3.8) is 0 Å². The molecule has 6 nitrogen and oxygen atoms in total. The van der Waals surface area contributed by atoms with Crippen LogP contribution in [0.25, 0.3) is 0 Å². The van der Waals surface area contributed by atoms with Gasteiger partial charge in [-0.3, -0.25) is 4.79 Å². The molecule has 1 aliphatic heterocycles. The zero-order chi connectivity index (χ0) is 25.2. The fourth-order valence-corrected chi connectivity index (χ4v) is 4.03. The molecular formula is C25H19ClF3N3O3. The molecule has 0 aliphatic carbocycles. The summed E-state index contributed by atoms with van der Waals surface area (Å²) in [6.45, 7) is -0.186. The number of hydrogen-bond donors (Lipinski definition) is 1. The minimum Gasteiger partial charge on any atom is -0.468 e. The van der Waals surface area contributed by atoms with Crippen LogP contribution in [0.3, 0.4) is 0 Å². The van der Waals surface area contributed by atoms with Crippen molar-refractivity contribution in [2.75, 3.05) is 19.0 Å². The second-order valence-electron chi connectivity index (χ2n) is 7.78. The maximum Gasteiger partial charge on any atom is 0.416 e. The molecule has 1 atom stereocenters. The van der Waals surface area contributed by atoms with E-state index >= 15 is 0 Å². The van der Waals surface area contributed by atoms with Gasteiger partial charge in [-0.25, -0.2) is 9.80 Å². The number of hydrazone groups is 1. The molecule has 2 amide bonds. The van der Waals surface area contributed by atoms with E-state index in [0.717, 1.165) is 29.3 Å². The van der Waals surface area contributed by atoms with E-state index in [4.69, 9.17) is 16.3 Å². The van der Waals surface area contributed by atoms with Crippen molar-refractivity contribution in [3.8, 4) is 0 Å². The van der Waals surface area contributed by atoms with Crippen LogP contribution in [0.4, 0.5) is 23.7 Å². The SMILES string of the molecule is COC(=O)C1(c2ccccc2)CN(C(=O)Nc2ccc(C(F)(F)F)cc2)N=C1c1ccc(Cl)cc1. The lowest BCUT2D eigenvalue weighted by molar-refractivity contribution is -0.144. The normalized spacial score (nSPS) is 17.6. The molecule has 10 heteroatoms. The van der Waals surface area contributed by atoms with E-state index in [9.17, 15) is 22.8 Å². The van der Waals surface area contributed by atoms with Gasteiger partial charge in [0.15, 0.2) is 5.41 Å². The lowest BCUT2D eigenvalue weighted by Crippen LogP contribution is -2.48. The molecule has 1 N–H and O–H groups in total. The Morgan fingerprint density at radius 1 is 1.00 bits per heavy atom. The van der Waals surface area contributed by atoms with Crippen LogP contribution in [-0.2, 0) is 21.1 Å². The molecule has 1 heterocycles. The molecule has 4 rings (SSSR count). The molecule has 35 heavy (non-hydrogen) atoms. The zero-order valence-electron chi connectivity index (χ0n) is 18.3. The Kier molecular flexibility index (Phi) is 6.53. The first-order chi connectivity index (χ1) is 16.6. The highest BCUT2D eigenvalue weighted by molar-refractivity contribution is 6.31. The number of rotatable bonds is 4. The summed E-state index contributed by atoms with van der Waals surface area (Å²) in [5.41, 5.74) is -0.759. The number of nitrogens with one attached hydrogen (secondary N) is 1. The smallest absolute Gasteiger partial charge is 0.416 e. The molecule has 180 valence electrons. The predicted molar refractivity (Wildman–Crippen MR) is 125 cm³/mol. The third kappa shape index (κ3) is 4.72. The number of halogens is 4. The summed E-state index contributed by atoms with van der Waals surface area (Å²) in [5.74, 6) is -0.623. The highest BCUT2D eigenvalue weighted by Gasteiger charge is 2.53. The molecule has 0 saturated carbocycles. The van der Waals surface area contributed by atoms with E-state index < -0.39 is 29.2 Å². The standard InChI is InChI=1S/C25H19ClF3N3O3/c1-35-22(33)24(17-5-3-2-4-6-17)15-32(31-21(24)16-7-11-19(26)12-8-16)23(34)30-20-13-9-18(10-14-20)25(27,28)29/h2-14H,15H2,1H3,(H,30,34). The van der Waals surface area contributed by atoms with Gasteiger partial charge in [-0.15, -0.1) is 0 Å². The molecule has 1 unspecified atom stereocenters. The summed E-state index contributed by atoms with van der Waals surface area (Å²) in [5, 5.41) is 8.52. The van der Waals surface area contributed by atoms with Crippen LogP contribution in [0.1, 0.15) is 16.7 Å². The van der Waals surface area contributed by atoms with Crippen LogP contribution in [0, 0.1) is 0 Å². The summed E-state index contributed by atoms with van der Waals surface area (Å²) in [6.07, 6.45) is -4.49. The van der Waals surface area contributed by atoms with E-state index in [-0.39, 0.29) is 17.9 Å². The second kappa shape index (κ2) is 9.42. The van der Waals surface area contributed by atoms with Crippen molar-refractivity contribution >= 4 is 35.0 Å². The molecular weight excluding hydrogens is 483 g/mol. The number of esters is 1. The molecule has 0 aromatic heterocycles. The molecule has 0 fully saturated rings. The van der Waals surface area contributed by atoms with E-state index in [1.807, 2.05) is 0 Å². The van der Waals surface area contributed by atoms with Gasteiger partial charge in [-0.2, -0.15) is 18.3 Å². The van der Waals surface area contributed by atoms with Crippen molar-refractivity contribution in [2.24, 2.45) is 5.10 Å². The predicted octanol–water partition coefficient (Wildman–Crippen LogP) is 5.72. The number of carbonyl (C=O) groups is 2. The number of alkyl halides is 3. The summed E-state index contributed by atoms with van der Waals surface area (Å²) >= 11 is 6.03. The van der Waals surface area contributed by atoms with Gasteiger partial charge in [-0.1, -0.05) is 54.1 Å². The van der Waals surface area contributed by atoms with Crippen LogP contribution in [0.15, 0.2) is 84.0 Å². The van der Waals surface area contributed by atoms with E-state index in [0.29, 0.717) is 16.1 Å². The first-order valence-corrected chi connectivity index (χ1v) is 10.8. The van der Waals surface area contributed by atoms with E-state index in [1.54, 1.807) is 54.6 Å². The number of carbonyl (C=O) groups excluding carboxylic acids is 2. The minimum absolute atomic E-state index is 0.140. The largest absolute Gasteiger partial charge is 0.468 e. The maximum absolute atomic E-state index is 13.3. The van der Waals surface area contributed by atoms with Crippen molar-refractivity contribution in [1.82, 2.24) is 5.01 Å². The van der Waals surface area contributed by atoms with Crippen molar-refractivity contribution in [2.45, 2.75) is 11.6 Å². The number of anilines is 1. The quantitative estimate of drug-likeness (QED) is 0.465. The lowest BCUT2D eigenvalue weighted by Gasteiger charge is -2.28. The van der Waals surface area contributed by atoms with Gasteiger partial charge in [0, 0.05) is 10.7 Å². The number of nitrogens with zero attached hydrogens (tertiary/aromatic N) is 2. The van der Waals surface area contributed by atoms with Crippen LogP contribution < -0.4 is 5.32 Å². The Morgan fingerprint density at radius 2 is 1.63 bits per heavy atom. The van der Waals surface area contributed by atoms with Gasteiger partial charge in [0.2, 0.25) is 0 Å². The Hall–Kier alpha value is -3.85. The van der Waals surface area contributed by atoms with E-state index in [1.165, 1.54) is 7.11 Å². The number of benzene rings is 3. The number of hydrogen-bond acceptors (Lipinski definition) is 4. The Balaban J connectivity index is 1.73. The lowest BCUT2D eigenvalue weighted by atomic mass is 9.74. The summed E-state index contributed by atoms with van der Waals surface area (Å²) in [4.78, 5) is 26.3. The van der Waals surface area contributed by atoms with Crippen LogP contribution in [0.5, 0.6) is 0 Å². The van der Waals surface area contributed by atoms with Gasteiger partial charge < -0.3 is 10.1 Å². The van der Waals surface area contributed by atoms with Gasteiger partial charge in [0.05, 0.1) is 24.9 Å². The van der Waals surface area contributed by atoms with Crippen molar-refractivity contribution < 1.29 is 27.5 Å². The Labute approximate surface area is 204 Å². The highest BCUT2D eigenvalue weighted by atomic mass is 35.5. The van der Waals surface area contributed by atoms with Crippen LogP contribution in [-0.4, -0.2) is 36.4 Å². The van der Waals surface area contributed by atoms with E-state index in [2.05, 4.69) is 10.4 Å². The number of methoxy groups -OCH3 is 1. The highest BCUT2D eigenvalue weighted by Crippen LogP contribution is 2.37. The molecule has 3 aromatic rings. The minimum atomic E-state index is -4.49. The van der Waals surface area contributed by atoms with Crippen LogP contribution in [0.2, 0.25) is 5.02 Å². The fraction of sp³-hybridized carbons (Fsp3) is 0.160. The fourth-order valence-electron chi connectivity index (χ4n) is 3.90. The number of ether oxygens (including phenoxy) is 1. The molecule has 0 radical (unpaired) electrons. The second-order valence-corrected chi connectivity index (χ2v) is 8.22. The summed E-state index contributed by atoms with van der Waals surface area (Å²) in [6, 6.07) is 18.7. The molecule has 0 spiro atoms. The number of urea groups is 1. The molecule has 1 aliphatic rings. The monoisotopic (exact) mass is 501 g/mol. The first kappa shape index (κ1) is 24.3. The van der Waals surface area contributed by atoms with Gasteiger partial charge >= 0.3 is 18.2 Å².